The van der Waals surface area contributed by atoms with Gasteiger partial charge in [-0.25, -0.2) is 0 Å². The molecule has 0 fully saturated rings. The summed E-state index contributed by atoms with van der Waals surface area (Å²) in [6, 6.07) is 0. The molecular weight excluding hydrogens is 180 g/mol. The smallest absolute Gasteiger partial charge is 0.187 e. The number of hydrogen-bond acceptors (Lipinski definition) is 4. The second kappa shape index (κ2) is 4.17. The van der Waals surface area contributed by atoms with Crippen molar-refractivity contribution >= 4 is 5.71 Å². The van der Waals surface area contributed by atoms with E-state index in [0.29, 0.717) is 19.0 Å². The van der Waals surface area contributed by atoms with E-state index >= 15 is 0 Å². The first-order chi connectivity index (χ1) is 6.56. The lowest BCUT2D eigenvalue weighted by Gasteiger charge is -2.19. The number of hydrogen-bond donors (Lipinski definition) is 1. The summed E-state index contributed by atoms with van der Waals surface area (Å²) in [5, 5.41) is 0. The molecule has 0 atom stereocenters. The molecule has 0 unspecified atom stereocenters. The van der Waals surface area contributed by atoms with Crippen LogP contribution in [-0.4, -0.2) is 24.5 Å². The van der Waals surface area contributed by atoms with Crippen molar-refractivity contribution < 1.29 is 9.47 Å². The van der Waals surface area contributed by atoms with Gasteiger partial charge in [-0.2, -0.15) is 0 Å². The highest BCUT2D eigenvalue weighted by Crippen LogP contribution is 2.22. The van der Waals surface area contributed by atoms with Crippen LogP contribution in [0.3, 0.4) is 0 Å². The van der Waals surface area contributed by atoms with E-state index in [9.17, 15) is 0 Å². The van der Waals surface area contributed by atoms with Crippen LogP contribution in [0.1, 0.15) is 13.8 Å². The largest absolute Gasteiger partial charge is 0.500 e. The number of nitrogens with zero attached hydrogens (tertiary/aromatic N) is 1. The van der Waals surface area contributed by atoms with Gasteiger partial charge in [-0.05, 0) is 13.8 Å². The van der Waals surface area contributed by atoms with Gasteiger partial charge in [0.2, 0.25) is 0 Å². The van der Waals surface area contributed by atoms with Gasteiger partial charge in [-0.1, -0.05) is 6.58 Å². The molecule has 0 spiro atoms. The zero-order valence-electron chi connectivity index (χ0n) is 8.62. The first-order valence-electron chi connectivity index (χ1n) is 4.50. The van der Waals surface area contributed by atoms with Gasteiger partial charge in [-0.3, -0.25) is 4.99 Å². The molecule has 0 saturated carbocycles. The number of nitrogens with two attached hydrogens (primary N) is 1. The maximum atomic E-state index is 5.54. The van der Waals surface area contributed by atoms with Crippen molar-refractivity contribution in [3.05, 3.63) is 24.8 Å². The van der Waals surface area contributed by atoms with Crippen molar-refractivity contribution in [2.75, 3.05) is 13.2 Å². The fourth-order valence-electron chi connectivity index (χ4n) is 1.22. The van der Waals surface area contributed by atoms with Crippen molar-refractivity contribution in [2.24, 2.45) is 10.7 Å². The van der Waals surface area contributed by atoms with Crippen LogP contribution in [0, 0.1) is 0 Å². The minimum atomic E-state index is -0.418. The predicted octanol–water partition coefficient (Wildman–Crippen LogP) is 1.20. The Morgan fingerprint density at radius 1 is 1.71 bits per heavy atom. The Bertz CT molecular complexity index is 280. The normalized spacial score (nSPS) is 21.6. The Labute approximate surface area is 84.1 Å². The molecule has 0 aliphatic carbocycles. The van der Waals surface area contributed by atoms with Crippen LogP contribution < -0.4 is 5.73 Å². The third kappa shape index (κ3) is 2.52. The van der Waals surface area contributed by atoms with Gasteiger partial charge >= 0.3 is 0 Å². The Balaban J connectivity index is 2.53. The average molecular weight is 196 g/mol. The van der Waals surface area contributed by atoms with Crippen LogP contribution in [0.4, 0.5) is 0 Å². The lowest BCUT2D eigenvalue weighted by Crippen LogP contribution is -2.29. The van der Waals surface area contributed by atoms with Crippen LogP contribution in [-0.2, 0) is 9.47 Å². The van der Waals surface area contributed by atoms with Crippen molar-refractivity contribution in [3.63, 3.8) is 0 Å². The van der Waals surface area contributed by atoms with Gasteiger partial charge in [-0.15, -0.1) is 0 Å². The number of rotatable bonds is 4. The molecule has 0 aromatic carbocycles. The Morgan fingerprint density at radius 3 is 2.93 bits per heavy atom. The van der Waals surface area contributed by atoms with E-state index in [1.807, 2.05) is 13.8 Å². The number of ether oxygens (including phenoxy) is 2. The molecule has 1 aliphatic rings. The summed E-state index contributed by atoms with van der Waals surface area (Å²) in [6.07, 6.45) is 3.15. The van der Waals surface area contributed by atoms with Gasteiger partial charge < -0.3 is 15.2 Å². The van der Waals surface area contributed by atoms with Gasteiger partial charge in [0.1, 0.15) is 12.2 Å². The molecule has 4 heteroatoms. The monoisotopic (exact) mass is 196 g/mol. The van der Waals surface area contributed by atoms with E-state index in [1.54, 1.807) is 6.08 Å². The molecular formula is C10H16N2O2. The van der Waals surface area contributed by atoms with Crippen molar-refractivity contribution in [3.8, 4) is 0 Å². The predicted molar refractivity (Wildman–Crippen MR) is 55.9 cm³/mol. The highest BCUT2D eigenvalue weighted by Gasteiger charge is 2.31. The minimum absolute atomic E-state index is 0.415. The van der Waals surface area contributed by atoms with Gasteiger partial charge in [0.05, 0.1) is 18.5 Å². The van der Waals surface area contributed by atoms with Gasteiger partial charge in [0.25, 0.3) is 0 Å². The second-order valence-electron chi connectivity index (χ2n) is 3.46. The van der Waals surface area contributed by atoms with E-state index in [1.165, 1.54) is 6.26 Å². The van der Waals surface area contributed by atoms with E-state index in [2.05, 4.69) is 11.6 Å². The standard InChI is InChI=1S/C10H16N2O2/c1-4-13-6-5-12-8-7-9(11)14-10(8,2)3/h4,7H,1,5-6,11H2,2-3H3. The fraction of sp³-hybridized carbons (Fsp3) is 0.500. The van der Waals surface area contributed by atoms with Gasteiger partial charge in [0, 0.05) is 6.08 Å². The highest BCUT2D eigenvalue weighted by atomic mass is 16.5. The molecule has 78 valence electrons. The Hall–Kier alpha value is -1.45. The van der Waals surface area contributed by atoms with Crippen LogP contribution in [0.25, 0.3) is 0 Å². The Morgan fingerprint density at radius 2 is 2.43 bits per heavy atom. The lowest BCUT2D eigenvalue weighted by molar-refractivity contribution is 0.107. The molecule has 0 bridgehead atoms. The lowest BCUT2D eigenvalue weighted by atomic mass is 10.0. The molecule has 14 heavy (non-hydrogen) atoms. The Kier molecular flexibility index (Phi) is 3.17. The topological polar surface area (TPSA) is 56.8 Å². The molecule has 0 aromatic heterocycles. The van der Waals surface area contributed by atoms with E-state index < -0.39 is 5.60 Å². The summed E-state index contributed by atoms with van der Waals surface area (Å²) in [5.74, 6) is 0.415. The average Bonchev–Trinajstić information content (AvgIpc) is 2.33. The molecule has 1 rings (SSSR count). The highest BCUT2D eigenvalue weighted by molar-refractivity contribution is 6.03. The summed E-state index contributed by atoms with van der Waals surface area (Å²) < 4.78 is 10.3. The summed E-state index contributed by atoms with van der Waals surface area (Å²) in [5.41, 5.74) is 5.97. The first-order valence-corrected chi connectivity index (χ1v) is 4.50. The quantitative estimate of drug-likeness (QED) is 0.543. The van der Waals surface area contributed by atoms with Crippen molar-refractivity contribution in [1.29, 1.82) is 0 Å². The molecule has 0 saturated heterocycles. The maximum absolute atomic E-state index is 5.54. The van der Waals surface area contributed by atoms with Crippen LogP contribution in [0.5, 0.6) is 0 Å². The molecule has 0 aromatic rings. The molecule has 0 amide bonds. The zero-order valence-corrected chi connectivity index (χ0v) is 8.62. The van der Waals surface area contributed by atoms with E-state index in [4.69, 9.17) is 15.2 Å². The van der Waals surface area contributed by atoms with Crippen LogP contribution in [0.2, 0.25) is 0 Å². The van der Waals surface area contributed by atoms with Crippen molar-refractivity contribution in [1.82, 2.24) is 0 Å². The summed E-state index contributed by atoms with van der Waals surface area (Å²) in [4.78, 5) is 4.33. The summed E-state index contributed by atoms with van der Waals surface area (Å²) in [6.45, 7) is 8.40. The van der Waals surface area contributed by atoms with E-state index in [0.717, 1.165) is 5.71 Å². The molecule has 0 radical (unpaired) electrons. The second-order valence-corrected chi connectivity index (χ2v) is 3.46. The summed E-state index contributed by atoms with van der Waals surface area (Å²) in [7, 11) is 0. The third-order valence-electron chi connectivity index (χ3n) is 1.88. The van der Waals surface area contributed by atoms with Crippen LogP contribution >= 0.6 is 0 Å². The molecule has 1 aliphatic heterocycles. The maximum Gasteiger partial charge on any atom is 0.187 e. The fourth-order valence-corrected chi connectivity index (χ4v) is 1.22. The molecule has 2 N–H and O–H groups in total. The molecule has 4 nitrogen and oxygen atoms in total. The first kappa shape index (κ1) is 10.6. The van der Waals surface area contributed by atoms with E-state index in [-0.39, 0.29) is 0 Å². The SMILES string of the molecule is C=COCCN=C1C=C(N)OC1(C)C. The van der Waals surface area contributed by atoms with Crippen molar-refractivity contribution in [2.45, 2.75) is 19.4 Å². The minimum Gasteiger partial charge on any atom is -0.500 e. The number of aliphatic imine (C=N–C) groups is 1. The molecule has 1 heterocycles. The van der Waals surface area contributed by atoms with Crippen LogP contribution in [0.15, 0.2) is 29.8 Å². The third-order valence-corrected chi connectivity index (χ3v) is 1.88. The zero-order chi connectivity index (χ0) is 10.6. The summed E-state index contributed by atoms with van der Waals surface area (Å²) >= 11 is 0. The van der Waals surface area contributed by atoms with Gasteiger partial charge in [0.15, 0.2) is 5.88 Å².